The molecule has 0 aliphatic carbocycles. The molecule has 1 atom stereocenters. The van der Waals surface area contributed by atoms with Crippen LogP contribution in [0.1, 0.15) is 19.8 Å². The molecule has 0 saturated heterocycles. The third-order valence-electron chi connectivity index (χ3n) is 1.92. The van der Waals surface area contributed by atoms with Crippen molar-refractivity contribution in [2.45, 2.75) is 25.8 Å². The van der Waals surface area contributed by atoms with Crippen molar-refractivity contribution in [2.75, 3.05) is 12.3 Å². The molecule has 5 N–H and O–H groups in total. The van der Waals surface area contributed by atoms with Crippen molar-refractivity contribution in [2.24, 2.45) is 5.14 Å². The average molecular weight is 267 g/mol. The molecule has 17 heavy (non-hydrogen) atoms. The molecule has 0 saturated carbocycles. The maximum Gasteiger partial charge on any atom is 0.315 e. The van der Waals surface area contributed by atoms with Crippen LogP contribution in [0.25, 0.3) is 0 Å². The second-order valence-corrected chi connectivity index (χ2v) is 5.20. The number of primary sulfonamides is 1. The van der Waals surface area contributed by atoms with E-state index in [1.807, 2.05) is 0 Å². The molecule has 9 heteroatoms. The molecule has 0 aliphatic heterocycles. The Kier molecular flexibility index (Phi) is 6.51. The number of carboxylic acid groups (broad SMARTS) is 1. The van der Waals surface area contributed by atoms with Crippen molar-refractivity contribution < 1.29 is 23.1 Å². The topological polar surface area (TPSA) is 139 Å². The van der Waals surface area contributed by atoms with Crippen molar-refractivity contribution in [3.05, 3.63) is 0 Å². The zero-order chi connectivity index (χ0) is 13.5. The Bertz CT molecular complexity index is 367. The Balaban J connectivity index is 3.95. The number of carbonyl (C=O) groups is 2. The Morgan fingerprint density at radius 1 is 1.41 bits per heavy atom. The molecule has 0 spiro atoms. The van der Waals surface area contributed by atoms with E-state index in [9.17, 15) is 18.0 Å². The fourth-order valence-corrected chi connectivity index (χ4v) is 1.44. The maximum absolute atomic E-state index is 11.2. The van der Waals surface area contributed by atoms with Gasteiger partial charge in [-0.25, -0.2) is 18.4 Å². The van der Waals surface area contributed by atoms with Gasteiger partial charge >= 0.3 is 12.0 Å². The molecule has 0 heterocycles. The molecule has 0 aromatic rings. The maximum atomic E-state index is 11.2. The SMILES string of the molecule is CCC(CC(=O)O)NC(=O)NCCS(N)(=O)=O. The standard InChI is InChI=1S/C8H17N3O5S/c1-2-6(5-7(12)13)11-8(14)10-3-4-17(9,15)16/h6H,2-5H2,1H3,(H,12,13)(H2,9,15,16)(H2,10,11,14). The van der Waals surface area contributed by atoms with Gasteiger partial charge in [-0.1, -0.05) is 6.92 Å². The Labute approximate surface area is 99.6 Å². The van der Waals surface area contributed by atoms with Crippen LogP contribution in [0.3, 0.4) is 0 Å². The summed E-state index contributed by atoms with van der Waals surface area (Å²) in [5.41, 5.74) is 0. The van der Waals surface area contributed by atoms with E-state index in [1.54, 1.807) is 6.92 Å². The molecule has 0 fully saturated rings. The molecular weight excluding hydrogens is 250 g/mol. The molecule has 0 rings (SSSR count). The monoisotopic (exact) mass is 267 g/mol. The number of urea groups is 1. The first-order valence-corrected chi connectivity index (χ1v) is 6.72. The van der Waals surface area contributed by atoms with E-state index < -0.39 is 28.1 Å². The Morgan fingerprint density at radius 2 is 2.00 bits per heavy atom. The highest BCUT2D eigenvalue weighted by molar-refractivity contribution is 7.89. The van der Waals surface area contributed by atoms with Crippen molar-refractivity contribution in [1.82, 2.24) is 10.6 Å². The van der Waals surface area contributed by atoms with Gasteiger partial charge in [0.2, 0.25) is 10.0 Å². The van der Waals surface area contributed by atoms with Crippen LogP contribution in [0.4, 0.5) is 4.79 Å². The molecule has 0 bridgehead atoms. The number of hydrogen-bond acceptors (Lipinski definition) is 4. The van der Waals surface area contributed by atoms with Crippen LogP contribution in [0.15, 0.2) is 0 Å². The van der Waals surface area contributed by atoms with Crippen molar-refractivity contribution >= 4 is 22.0 Å². The molecule has 0 aliphatic rings. The van der Waals surface area contributed by atoms with E-state index in [0.717, 1.165) is 0 Å². The lowest BCUT2D eigenvalue weighted by atomic mass is 10.1. The average Bonchev–Trinajstić information content (AvgIpc) is 2.13. The van der Waals surface area contributed by atoms with E-state index in [2.05, 4.69) is 10.6 Å². The van der Waals surface area contributed by atoms with E-state index in [4.69, 9.17) is 10.2 Å². The van der Waals surface area contributed by atoms with Gasteiger partial charge in [-0.05, 0) is 6.42 Å². The van der Waals surface area contributed by atoms with Crippen LogP contribution in [0.2, 0.25) is 0 Å². The predicted octanol–water partition coefficient (Wildman–Crippen LogP) is -1.17. The summed E-state index contributed by atoms with van der Waals surface area (Å²) in [6.07, 6.45) is 0.286. The van der Waals surface area contributed by atoms with Crippen LogP contribution < -0.4 is 15.8 Å². The molecular formula is C8H17N3O5S. The van der Waals surface area contributed by atoms with Crippen LogP contribution in [-0.2, 0) is 14.8 Å². The Hall–Kier alpha value is -1.35. The molecule has 1 unspecified atom stereocenters. The lowest BCUT2D eigenvalue weighted by molar-refractivity contribution is -0.137. The summed E-state index contributed by atoms with van der Waals surface area (Å²) in [6, 6.07) is -1.09. The van der Waals surface area contributed by atoms with Gasteiger partial charge < -0.3 is 15.7 Å². The van der Waals surface area contributed by atoms with Crippen LogP contribution in [0, 0.1) is 0 Å². The molecule has 0 radical (unpaired) electrons. The number of rotatable bonds is 7. The van der Waals surface area contributed by atoms with Crippen LogP contribution >= 0.6 is 0 Å². The number of nitrogens with two attached hydrogens (primary N) is 1. The lowest BCUT2D eigenvalue weighted by Gasteiger charge is -2.15. The smallest absolute Gasteiger partial charge is 0.315 e. The van der Waals surface area contributed by atoms with E-state index in [1.165, 1.54) is 0 Å². The number of hydrogen-bond donors (Lipinski definition) is 4. The van der Waals surface area contributed by atoms with Gasteiger partial charge in [-0.2, -0.15) is 0 Å². The predicted molar refractivity (Wildman–Crippen MR) is 60.8 cm³/mol. The zero-order valence-electron chi connectivity index (χ0n) is 9.47. The van der Waals surface area contributed by atoms with E-state index in [0.29, 0.717) is 6.42 Å². The second-order valence-electron chi connectivity index (χ2n) is 3.47. The molecule has 0 aromatic carbocycles. The summed E-state index contributed by atoms with van der Waals surface area (Å²) in [4.78, 5) is 21.7. The first-order chi connectivity index (χ1) is 7.74. The largest absolute Gasteiger partial charge is 0.481 e. The highest BCUT2D eigenvalue weighted by atomic mass is 32.2. The van der Waals surface area contributed by atoms with Crippen LogP contribution in [-0.4, -0.2) is 43.9 Å². The summed E-state index contributed by atoms with van der Waals surface area (Å²) in [5.74, 6) is -1.38. The first-order valence-electron chi connectivity index (χ1n) is 5.01. The summed E-state index contributed by atoms with van der Waals surface area (Å²) >= 11 is 0. The van der Waals surface area contributed by atoms with E-state index >= 15 is 0 Å². The van der Waals surface area contributed by atoms with Gasteiger partial charge in [-0.3, -0.25) is 4.79 Å². The first kappa shape index (κ1) is 15.7. The second kappa shape index (κ2) is 7.07. The molecule has 2 amide bonds. The van der Waals surface area contributed by atoms with Gasteiger partial charge in [0.15, 0.2) is 0 Å². The summed E-state index contributed by atoms with van der Waals surface area (Å²) in [6.45, 7) is 1.62. The minimum Gasteiger partial charge on any atom is -0.481 e. The number of aliphatic carboxylic acids is 1. The summed E-state index contributed by atoms with van der Waals surface area (Å²) in [5, 5.41) is 18.0. The molecule has 8 nitrogen and oxygen atoms in total. The van der Waals surface area contributed by atoms with Crippen LogP contribution in [0.5, 0.6) is 0 Å². The fourth-order valence-electron chi connectivity index (χ4n) is 1.05. The zero-order valence-corrected chi connectivity index (χ0v) is 10.3. The van der Waals surface area contributed by atoms with Crippen molar-refractivity contribution in [3.8, 4) is 0 Å². The number of nitrogens with one attached hydrogen (secondary N) is 2. The highest BCUT2D eigenvalue weighted by Crippen LogP contribution is 1.96. The van der Waals surface area contributed by atoms with E-state index in [-0.39, 0.29) is 18.7 Å². The third-order valence-corrected chi connectivity index (χ3v) is 2.69. The quantitative estimate of drug-likeness (QED) is 0.460. The van der Waals surface area contributed by atoms with Gasteiger partial charge in [0.1, 0.15) is 0 Å². The summed E-state index contributed by atoms with van der Waals surface area (Å²) in [7, 11) is -3.61. The fraction of sp³-hybridized carbons (Fsp3) is 0.750. The number of carbonyl (C=O) groups excluding carboxylic acids is 1. The van der Waals surface area contributed by atoms with Gasteiger partial charge in [0.25, 0.3) is 0 Å². The normalized spacial score (nSPS) is 12.8. The van der Waals surface area contributed by atoms with Gasteiger partial charge in [-0.15, -0.1) is 0 Å². The Morgan fingerprint density at radius 3 is 2.41 bits per heavy atom. The number of amides is 2. The summed E-state index contributed by atoms with van der Waals surface area (Å²) < 4.78 is 21.1. The number of carboxylic acids is 1. The lowest BCUT2D eigenvalue weighted by Crippen LogP contribution is -2.44. The minimum absolute atomic E-state index is 0.117. The molecule has 0 aromatic heterocycles. The highest BCUT2D eigenvalue weighted by Gasteiger charge is 2.13. The molecule has 100 valence electrons. The van der Waals surface area contributed by atoms with Gasteiger partial charge in [0, 0.05) is 12.6 Å². The third kappa shape index (κ3) is 9.57. The van der Waals surface area contributed by atoms with Crippen molar-refractivity contribution in [1.29, 1.82) is 0 Å². The van der Waals surface area contributed by atoms with Gasteiger partial charge in [0.05, 0.1) is 12.2 Å². The van der Waals surface area contributed by atoms with Crippen molar-refractivity contribution in [3.63, 3.8) is 0 Å². The number of sulfonamides is 1. The minimum atomic E-state index is -3.61.